The quantitative estimate of drug-likeness (QED) is 0.782. The molecule has 2 aromatic rings. The highest BCUT2D eigenvalue weighted by molar-refractivity contribution is 5.65. The number of furan rings is 1. The number of hydrogen-bond donors (Lipinski definition) is 1. The first-order valence-corrected chi connectivity index (χ1v) is 5.94. The zero-order valence-corrected chi connectivity index (χ0v) is 10.3. The lowest BCUT2D eigenvalue weighted by molar-refractivity contribution is -0.923. The molecule has 0 radical (unpaired) electrons. The number of nitrogens with one attached hydrogen (secondary N) is 1. The Labute approximate surface area is 110 Å². The highest BCUT2D eigenvalue weighted by Crippen LogP contribution is 2.04. The van der Waals surface area contributed by atoms with Crippen molar-refractivity contribution in [3.63, 3.8) is 0 Å². The number of carbonyl (C=O) groups excluding carboxylic acids is 1. The summed E-state index contributed by atoms with van der Waals surface area (Å²) in [7, 11) is 0. The van der Waals surface area contributed by atoms with Gasteiger partial charge in [-0.15, -0.1) is 0 Å². The van der Waals surface area contributed by atoms with Crippen LogP contribution in [0.4, 0.5) is 4.39 Å². The van der Waals surface area contributed by atoms with E-state index < -0.39 is 5.97 Å². The second kappa shape index (κ2) is 6.15. The fourth-order valence-corrected chi connectivity index (χ4v) is 1.96. The second-order valence-corrected chi connectivity index (χ2v) is 4.32. The Hall–Kier alpha value is -2.14. The number of benzene rings is 1. The van der Waals surface area contributed by atoms with Crippen molar-refractivity contribution in [1.29, 1.82) is 0 Å². The summed E-state index contributed by atoms with van der Waals surface area (Å²) in [6.45, 7) is 0.436. The Balaban J connectivity index is 2.09. The monoisotopic (exact) mass is 263 g/mol. The molecule has 2 rings (SSSR count). The van der Waals surface area contributed by atoms with Crippen molar-refractivity contribution in [3.8, 4) is 0 Å². The summed E-state index contributed by atoms with van der Waals surface area (Å²) in [5, 5.41) is 10.8. The third-order valence-corrected chi connectivity index (χ3v) is 2.80. The van der Waals surface area contributed by atoms with Crippen LogP contribution >= 0.6 is 0 Å². The van der Waals surface area contributed by atoms with Gasteiger partial charge in [-0.25, -0.2) is 4.39 Å². The van der Waals surface area contributed by atoms with Gasteiger partial charge in [-0.3, -0.25) is 0 Å². The number of hydrogen-bond acceptors (Lipinski definition) is 3. The Bertz CT molecular complexity index is 539. The maximum Gasteiger partial charge on any atom is 0.157 e. The number of carboxylic acids is 1. The van der Waals surface area contributed by atoms with Crippen molar-refractivity contribution >= 4 is 5.97 Å². The molecule has 0 aliphatic heterocycles. The van der Waals surface area contributed by atoms with Gasteiger partial charge in [0.2, 0.25) is 0 Å². The lowest BCUT2D eigenvalue weighted by atomic mass is 10.2. The maximum atomic E-state index is 13.6. The van der Waals surface area contributed by atoms with E-state index in [9.17, 15) is 14.3 Å². The normalized spacial score (nSPS) is 12.3. The Morgan fingerprint density at radius 3 is 2.63 bits per heavy atom. The molecule has 1 N–H and O–H groups in total. The van der Waals surface area contributed by atoms with Crippen LogP contribution in [-0.4, -0.2) is 12.5 Å². The summed E-state index contributed by atoms with van der Waals surface area (Å²) in [5.74, 6) is -0.844. The number of carboxylic acid groups (broad SMARTS) is 1. The minimum absolute atomic E-state index is 0.199. The van der Waals surface area contributed by atoms with Crippen molar-refractivity contribution < 1.29 is 23.6 Å². The molecule has 0 saturated carbocycles. The van der Waals surface area contributed by atoms with Gasteiger partial charge in [-0.05, 0) is 18.2 Å². The lowest BCUT2D eigenvalue weighted by Gasteiger charge is -2.19. The minimum atomic E-state index is -1.17. The van der Waals surface area contributed by atoms with Crippen LogP contribution < -0.4 is 10.0 Å². The van der Waals surface area contributed by atoms with Gasteiger partial charge in [-0.1, -0.05) is 18.2 Å². The molecule has 19 heavy (non-hydrogen) atoms. The van der Waals surface area contributed by atoms with E-state index in [1.165, 1.54) is 12.3 Å². The summed E-state index contributed by atoms with van der Waals surface area (Å²) in [6, 6.07) is 9.82. The molecule has 1 aromatic heterocycles. The Morgan fingerprint density at radius 2 is 2.00 bits per heavy atom. The van der Waals surface area contributed by atoms with E-state index in [1.807, 2.05) is 0 Å². The first-order valence-electron chi connectivity index (χ1n) is 5.94. The van der Waals surface area contributed by atoms with E-state index in [2.05, 4.69) is 0 Å². The van der Waals surface area contributed by atoms with Gasteiger partial charge in [0.05, 0.1) is 12.2 Å². The molecule has 0 aliphatic rings. The maximum absolute atomic E-state index is 13.6. The van der Waals surface area contributed by atoms with Crippen molar-refractivity contribution in [2.75, 3.05) is 6.54 Å². The van der Waals surface area contributed by atoms with E-state index >= 15 is 0 Å². The summed E-state index contributed by atoms with van der Waals surface area (Å²) < 4.78 is 18.8. The van der Waals surface area contributed by atoms with E-state index in [-0.39, 0.29) is 18.9 Å². The molecule has 0 aliphatic carbocycles. The Kier molecular flexibility index (Phi) is 4.30. The molecular formula is C14H14FNO3. The molecule has 4 nitrogen and oxygen atoms in total. The molecule has 0 bridgehead atoms. The summed E-state index contributed by atoms with van der Waals surface area (Å²) in [5.41, 5.74) is 0.477. The van der Waals surface area contributed by atoms with Crippen LogP contribution in [-0.2, 0) is 17.9 Å². The van der Waals surface area contributed by atoms with Crippen LogP contribution in [0, 0.1) is 5.82 Å². The second-order valence-electron chi connectivity index (χ2n) is 4.32. The van der Waals surface area contributed by atoms with E-state index in [0.29, 0.717) is 22.8 Å². The molecule has 0 fully saturated rings. The zero-order valence-electron chi connectivity index (χ0n) is 10.3. The molecule has 5 heteroatoms. The molecule has 0 saturated heterocycles. The van der Waals surface area contributed by atoms with E-state index in [0.717, 1.165) is 0 Å². The van der Waals surface area contributed by atoms with Crippen molar-refractivity contribution in [2.45, 2.75) is 13.1 Å². The van der Waals surface area contributed by atoms with Crippen LogP contribution in [0.3, 0.4) is 0 Å². The van der Waals surface area contributed by atoms with Crippen LogP contribution in [0.5, 0.6) is 0 Å². The van der Waals surface area contributed by atoms with Crippen LogP contribution in [0.15, 0.2) is 47.1 Å². The summed E-state index contributed by atoms with van der Waals surface area (Å²) >= 11 is 0. The zero-order chi connectivity index (χ0) is 13.7. The van der Waals surface area contributed by atoms with E-state index in [4.69, 9.17) is 4.42 Å². The standard InChI is InChI=1S/C14H14FNO3/c15-13-6-2-1-4-11(13)8-16(10-14(17)18)9-12-5-3-7-19-12/h1-7H,8-10H2,(H,17,18). The smallest absolute Gasteiger partial charge is 0.157 e. The summed E-state index contributed by atoms with van der Waals surface area (Å²) in [4.78, 5) is 11.4. The van der Waals surface area contributed by atoms with Crippen LogP contribution in [0.1, 0.15) is 11.3 Å². The van der Waals surface area contributed by atoms with Crippen molar-refractivity contribution in [1.82, 2.24) is 0 Å². The van der Waals surface area contributed by atoms with E-state index in [1.54, 1.807) is 30.3 Å². The largest absolute Gasteiger partial charge is 0.544 e. The van der Waals surface area contributed by atoms with Gasteiger partial charge in [0.1, 0.15) is 25.5 Å². The van der Waals surface area contributed by atoms with Crippen molar-refractivity contribution in [2.24, 2.45) is 0 Å². The Morgan fingerprint density at radius 1 is 1.21 bits per heavy atom. The number of carbonyl (C=O) groups is 1. The SMILES string of the molecule is O=C([O-])C[NH+](Cc1ccco1)Cc1ccccc1F. The van der Waals surface area contributed by atoms with Gasteiger partial charge < -0.3 is 19.2 Å². The van der Waals surface area contributed by atoms with Crippen LogP contribution in [0.2, 0.25) is 0 Å². The number of aliphatic carboxylic acids is 1. The number of quaternary nitrogens is 1. The molecular weight excluding hydrogens is 249 g/mol. The van der Waals surface area contributed by atoms with Gasteiger partial charge >= 0.3 is 0 Å². The predicted molar refractivity (Wildman–Crippen MR) is 63.4 cm³/mol. The van der Waals surface area contributed by atoms with Crippen LogP contribution in [0.25, 0.3) is 0 Å². The topological polar surface area (TPSA) is 57.7 Å². The first-order chi connectivity index (χ1) is 9.15. The average molecular weight is 263 g/mol. The lowest BCUT2D eigenvalue weighted by Crippen LogP contribution is -3.10. The van der Waals surface area contributed by atoms with Crippen molar-refractivity contribution in [3.05, 3.63) is 59.8 Å². The molecule has 100 valence electrons. The molecule has 1 unspecified atom stereocenters. The molecule has 1 atom stereocenters. The fourth-order valence-electron chi connectivity index (χ4n) is 1.96. The summed E-state index contributed by atoms with van der Waals surface area (Å²) in [6.07, 6.45) is 1.52. The molecule has 1 aromatic carbocycles. The number of rotatable bonds is 6. The minimum Gasteiger partial charge on any atom is -0.544 e. The molecule has 0 spiro atoms. The first kappa shape index (κ1) is 13.3. The molecule has 0 amide bonds. The predicted octanol–water partition coefficient (Wildman–Crippen LogP) is -0.246. The highest BCUT2D eigenvalue weighted by Gasteiger charge is 2.14. The average Bonchev–Trinajstić information content (AvgIpc) is 2.84. The highest BCUT2D eigenvalue weighted by atomic mass is 19.1. The van der Waals surface area contributed by atoms with Gasteiger partial charge in [0.25, 0.3) is 0 Å². The third-order valence-electron chi connectivity index (χ3n) is 2.80. The fraction of sp³-hybridized carbons (Fsp3) is 0.214. The van der Waals surface area contributed by atoms with Gasteiger partial charge in [-0.2, -0.15) is 0 Å². The molecule has 1 heterocycles. The van der Waals surface area contributed by atoms with Gasteiger partial charge in [0.15, 0.2) is 5.76 Å². The number of halogens is 1. The van der Waals surface area contributed by atoms with Gasteiger partial charge in [0, 0.05) is 5.56 Å². The third kappa shape index (κ3) is 3.93.